The van der Waals surface area contributed by atoms with Crippen LogP contribution in [-0.4, -0.2) is 43.3 Å². The minimum atomic E-state index is -4.16. The Morgan fingerprint density at radius 2 is 2.39 bits per heavy atom. The van der Waals surface area contributed by atoms with E-state index in [1.54, 1.807) is 0 Å². The second kappa shape index (κ2) is 6.70. The largest absolute Gasteiger partial charge is 0.493 e. The van der Waals surface area contributed by atoms with Crippen LogP contribution in [0.25, 0.3) is 0 Å². The average Bonchev–Trinajstić information content (AvgIpc) is 2.75. The lowest BCUT2D eigenvalue weighted by atomic mass is 9.79. The lowest BCUT2D eigenvalue weighted by molar-refractivity contribution is -0.0191. The monoisotopic (exact) mass is 340 g/mol. The van der Waals surface area contributed by atoms with Crippen molar-refractivity contribution in [3.05, 3.63) is 23.2 Å². The van der Waals surface area contributed by atoms with E-state index in [2.05, 4.69) is 0 Å². The normalized spacial score (nSPS) is 53.4. The van der Waals surface area contributed by atoms with E-state index < -0.39 is 112 Å². The topological polar surface area (TPSA) is 41.9 Å². The number of piperidine rings is 1. The van der Waals surface area contributed by atoms with E-state index in [-0.39, 0.29) is 4.90 Å². The molecule has 2 aliphatic heterocycles. The second-order valence-corrected chi connectivity index (χ2v) is 4.88. The number of rotatable bonds is 4. The summed E-state index contributed by atoms with van der Waals surface area (Å²) in [6.45, 7) is -15.7. The fourth-order valence-corrected chi connectivity index (χ4v) is 2.41. The molecule has 0 aliphatic carbocycles. The van der Waals surface area contributed by atoms with Gasteiger partial charge >= 0.3 is 0 Å². The minimum Gasteiger partial charge on any atom is -0.493 e. The summed E-state index contributed by atoms with van der Waals surface area (Å²) >= 11 is 0. The van der Waals surface area contributed by atoms with Gasteiger partial charge in [0.15, 0.2) is 11.5 Å². The van der Waals surface area contributed by atoms with Crippen molar-refractivity contribution in [2.75, 3.05) is 27.1 Å². The van der Waals surface area contributed by atoms with E-state index in [1.165, 1.54) is 0 Å². The molecule has 128 valence electrons. The molecular formula is C19H29NO3. The molecule has 0 amide bonds. The number of benzene rings is 1. The van der Waals surface area contributed by atoms with E-state index in [4.69, 9.17) is 36.9 Å². The first-order valence-corrected chi connectivity index (χ1v) is 6.62. The second-order valence-electron chi connectivity index (χ2n) is 4.88. The molecule has 0 bridgehead atoms. The molecule has 3 rings (SSSR count). The van der Waals surface area contributed by atoms with Gasteiger partial charge in [0, 0.05) is 39.6 Å². The highest BCUT2D eigenvalue weighted by molar-refractivity contribution is 5.49. The molecule has 23 heavy (non-hydrogen) atoms. The fraction of sp³-hybridized carbons (Fsp3) is 0.684. The van der Waals surface area contributed by atoms with Crippen LogP contribution in [0, 0.1) is 11.8 Å². The Labute approximate surface area is 168 Å². The number of aliphatic hydroxyl groups excluding tert-OH is 1. The smallest absolute Gasteiger partial charge is 0.161 e. The van der Waals surface area contributed by atoms with Crippen LogP contribution in [0.15, 0.2) is 12.1 Å². The third-order valence-corrected chi connectivity index (χ3v) is 3.45. The molecule has 0 spiro atoms. The maximum absolute atomic E-state index is 11.2. The number of nitrogens with zero attached hydrogens (tertiary/aromatic N) is 1. The zero-order valence-electron chi connectivity index (χ0n) is 33.1. The van der Waals surface area contributed by atoms with Crippen molar-refractivity contribution in [3.63, 3.8) is 0 Å². The van der Waals surface area contributed by atoms with Crippen LogP contribution in [0.1, 0.15) is 72.4 Å². The number of hydrogen-bond donors (Lipinski definition) is 1. The summed E-state index contributed by atoms with van der Waals surface area (Å²) in [4.78, 5) is -0.243. The van der Waals surface area contributed by atoms with Gasteiger partial charge in [-0.3, -0.25) is 4.90 Å². The maximum atomic E-state index is 11.2. The van der Waals surface area contributed by atoms with Gasteiger partial charge in [-0.2, -0.15) is 0 Å². The van der Waals surface area contributed by atoms with Gasteiger partial charge < -0.3 is 14.6 Å². The SMILES string of the molecule is [2H]c1c(OC([2H])([2H])[2H])c(OC)c([2H])c2c1C1([2H])CC(O)C(C([2H])([2H])C([2H])(C([2H])([2H])[2H])C([2H])([2H])[2H])C([2H])([2H])N1C([2H])([2H])C2([2H])[2H]. The van der Waals surface area contributed by atoms with Crippen molar-refractivity contribution in [3.8, 4) is 11.5 Å². The summed E-state index contributed by atoms with van der Waals surface area (Å²) < 4.78 is 183. The van der Waals surface area contributed by atoms with E-state index in [1.807, 2.05) is 0 Å². The van der Waals surface area contributed by atoms with E-state index in [9.17, 15) is 6.48 Å². The van der Waals surface area contributed by atoms with Crippen molar-refractivity contribution in [2.24, 2.45) is 11.8 Å². The van der Waals surface area contributed by atoms with Crippen LogP contribution in [0.4, 0.5) is 0 Å². The van der Waals surface area contributed by atoms with Crippen molar-refractivity contribution in [1.82, 2.24) is 4.90 Å². The molecule has 1 N–H and O–H groups in total. The standard InChI is InChI=1S/C19H29NO3/c1-12(2)7-14-11-20-6-5-13-8-18(22-3)19(23-4)9-15(13)16(20)10-17(14)21/h8-9,12,14,16-17,21H,5-7,10-11H2,1-4H3/i1D3,2D3,4D3,5D2,6D2,7D2,8D,9D,11D2,12D,16D. The van der Waals surface area contributed by atoms with Gasteiger partial charge in [0.2, 0.25) is 0 Å². The quantitative estimate of drug-likeness (QED) is 0.915. The van der Waals surface area contributed by atoms with Crippen LogP contribution in [-0.2, 0) is 6.37 Å². The van der Waals surface area contributed by atoms with Gasteiger partial charge in [-0.15, -0.1) is 0 Å². The Morgan fingerprint density at radius 1 is 1.57 bits per heavy atom. The van der Waals surface area contributed by atoms with Crippen LogP contribution in [0.3, 0.4) is 0 Å². The van der Waals surface area contributed by atoms with Crippen LogP contribution in [0.5, 0.6) is 11.5 Å². The van der Waals surface area contributed by atoms with Gasteiger partial charge in [-0.05, 0) is 54.2 Å². The molecule has 3 atom stereocenters. The minimum absolute atomic E-state index is 0.243. The molecule has 1 saturated heterocycles. The maximum Gasteiger partial charge on any atom is 0.161 e. The molecule has 3 unspecified atom stereocenters. The van der Waals surface area contributed by atoms with Crippen molar-refractivity contribution in [2.45, 2.75) is 45.0 Å². The predicted octanol–water partition coefficient (Wildman–Crippen LogP) is 3.03. The van der Waals surface area contributed by atoms with E-state index >= 15 is 0 Å². The highest BCUT2D eigenvalue weighted by atomic mass is 16.5. The summed E-state index contributed by atoms with van der Waals surface area (Å²) in [6.07, 6.45) is -11.6. The summed E-state index contributed by atoms with van der Waals surface area (Å²) in [7, 11) is -2.41. The zero-order valence-corrected chi connectivity index (χ0v) is 12.1. The zero-order chi connectivity index (χ0) is 34.8. The molecule has 0 radical (unpaired) electrons. The van der Waals surface area contributed by atoms with Crippen molar-refractivity contribution in [1.29, 1.82) is 0 Å². The Bertz CT molecular complexity index is 1300. The van der Waals surface area contributed by atoms with Gasteiger partial charge in [0.1, 0.15) is 0 Å². The Hall–Kier alpha value is -1.26. The number of hydrogen-bond acceptors (Lipinski definition) is 4. The van der Waals surface area contributed by atoms with E-state index in [0.717, 1.165) is 7.11 Å². The first kappa shape index (κ1) is 4.67. The van der Waals surface area contributed by atoms with Crippen LogP contribution >= 0.6 is 0 Å². The molecule has 4 heteroatoms. The summed E-state index contributed by atoms with van der Waals surface area (Å²) in [5.41, 5.74) is -2.12. The van der Waals surface area contributed by atoms with Gasteiger partial charge in [0.25, 0.3) is 0 Å². The molecule has 1 aromatic rings. The van der Waals surface area contributed by atoms with Gasteiger partial charge in [-0.25, -0.2) is 0 Å². The number of ether oxygens (including phenoxy) is 2. The third kappa shape index (κ3) is 3.20. The highest BCUT2D eigenvalue weighted by Gasteiger charge is 2.38. The van der Waals surface area contributed by atoms with Crippen LogP contribution in [0.2, 0.25) is 0 Å². The molecular weight excluding hydrogens is 290 g/mol. The Balaban J connectivity index is 2.50. The predicted molar refractivity (Wildman–Crippen MR) is 91.1 cm³/mol. The Kier molecular flexibility index (Phi) is 1.36. The first-order chi connectivity index (χ1) is 19.2. The molecule has 2 aliphatic rings. The number of aliphatic hydroxyl groups is 1. The molecule has 4 nitrogen and oxygen atoms in total. The highest BCUT2D eigenvalue weighted by Crippen LogP contribution is 2.43. The summed E-state index contributed by atoms with van der Waals surface area (Å²) in [5, 5.41) is 11.2. The first-order valence-electron chi connectivity index (χ1n) is 17.1. The summed E-state index contributed by atoms with van der Waals surface area (Å²) in [6, 6.07) is -5.43. The molecule has 0 saturated carbocycles. The summed E-state index contributed by atoms with van der Waals surface area (Å²) in [5.74, 6) is -8.98. The lowest BCUT2D eigenvalue weighted by Gasteiger charge is -2.46. The number of methoxy groups -OCH3 is 2. The van der Waals surface area contributed by atoms with E-state index in [0.29, 0.717) is 0 Å². The van der Waals surface area contributed by atoms with Gasteiger partial charge in [0.05, 0.1) is 28.5 Å². The number of fused-ring (bicyclic) bond motifs is 3. The Morgan fingerprint density at radius 3 is 3.13 bits per heavy atom. The third-order valence-electron chi connectivity index (χ3n) is 3.45. The molecule has 1 aromatic carbocycles. The average molecular weight is 341 g/mol. The lowest BCUT2D eigenvalue weighted by Crippen LogP contribution is -2.48. The van der Waals surface area contributed by atoms with Gasteiger partial charge in [-0.1, -0.05) is 13.7 Å². The molecule has 0 aromatic heterocycles. The molecule has 2 heterocycles. The molecule has 1 fully saturated rings. The van der Waals surface area contributed by atoms with Crippen molar-refractivity contribution < 1.29 is 43.4 Å². The van der Waals surface area contributed by atoms with Crippen LogP contribution < -0.4 is 9.47 Å². The fourth-order valence-electron chi connectivity index (χ4n) is 2.41. The van der Waals surface area contributed by atoms with Crippen molar-refractivity contribution >= 4 is 0 Å².